The Bertz CT molecular complexity index is 241. The van der Waals surface area contributed by atoms with E-state index in [9.17, 15) is 5.11 Å². The number of nitrogens with zero attached hydrogens (tertiary/aromatic N) is 1. The highest BCUT2D eigenvalue weighted by molar-refractivity contribution is 4.88. The molecule has 1 rings (SSSR count). The minimum absolute atomic E-state index is 0.0783. The van der Waals surface area contributed by atoms with Crippen molar-refractivity contribution in [1.29, 1.82) is 0 Å². The van der Waals surface area contributed by atoms with Crippen LogP contribution in [0.4, 0.5) is 0 Å². The van der Waals surface area contributed by atoms with Gasteiger partial charge in [-0.25, -0.2) is 0 Å². The minimum Gasteiger partial charge on any atom is -0.394 e. The molecule has 1 saturated heterocycles. The minimum atomic E-state index is -0.0783. The molecule has 0 bridgehead atoms. The Morgan fingerprint density at radius 1 is 1.26 bits per heavy atom. The molecule has 1 heterocycles. The molecule has 1 aliphatic rings. The monoisotopic (exact) mass is 270 g/mol. The Labute approximate surface area is 119 Å². The van der Waals surface area contributed by atoms with E-state index < -0.39 is 0 Å². The molecular formula is C16H34N2O. The van der Waals surface area contributed by atoms with Crippen molar-refractivity contribution < 1.29 is 5.11 Å². The molecular weight excluding hydrogens is 236 g/mol. The average molecular weight is 270 g/mol. The smallest absolute Gasteiger partial charge is 0.0613 e. The van der Waals surface area contributed by atoms with Crippen molar-refractivity contribution in [2.24, 2.45) is 11.8 Å². The van der Waals surface area contributed by atoms with E-state index in [4.69, 9.17) is 0 Å². The van der Waals surface area contributed by atoms with E-state index in [1.54, 1.807) is 0 Å². The van der Waals surface area contributed by atoms with E-state index in [0.29, 0.717) is 6.04 Å². The molecule has 0 aliphatic carbocycles. The van der Waals surface area contributed by atoms with Crippen molar-refractivity contribution in [2.75, 3.05) is 26.2 Å². The summed E-state index contributed by atoms with van der Waals surface area (Å²) < 4.78 is 0. The Morgan fingerprint density at radius 2 is 1.84 bits per heavy atom. The van der Waals surface area contributed by atoms with Crippen molar-refractivity contribution in [3.63, 3.8) is 0 Å². The first-order valence-corrected chi connectivity index (χ1v) is 8.03. The van der Waals surface area contributed by atoms with Gasteiger partial charge < -0.3 is 15.3 Å². The third kappa shape index (κ3) is 5.05. The van der Waals surface area contributed by atoms with Crippen LogP contribution in [0.25, 0.3) is 0 Å². The summed E-state index contributed by atoms with van der Waals surface area (Å²) >= 11 is 0. The van der Waals surface area contributed by atoms with Gasteiger partial charge in [0.15, 0.2) is 0 Å². The van der Waals surface area contributed by atoms with E-state index in [1.807, 2.05) is 0 Å². The van der Waals surface area contributed by atoms with Crippen LogP contribution in [0.5, 0.6) is 0 Å². The maximum absolute atomic E-state index is 9.73. The number of aliphatic hydroxyl groups is 1. The molecule has 3 atom stereocenters. The predicted molar refractivity (Wildman–Crippen MR) is 82.4 cm³/mol. The molecule has 0 amide bonds. The van der Waals surface area contributed by atoms with Crippen LogP contribution in [0.2, 0.25) is 0 Å². The molecule has 1 fully saturated rings. The lowest BCUT2D eigenvalue weighted by atomic mass is 9.90. The summed E-state index contributed by atoms with van der Waals surface area (Å²) in [5, 5.41) is 13.3. The zero-order chi connectivity index (χ0) is 14.5. The van der Waals surface area contributed by atoms with Gasteiger partial charge in [0.1, 0.15) is 0 Å². The van der Waals surface area contributed by atoms with Gasteiger partial charge in [-0.15, -0.1) is 0 Å². The van der Waals surface area contributed by atoms with Crippen LogP contribution in [0.3, 0.4) is 0 Å². The van der Waals surface area contributed by atoms with Crippen LogP contribution in [-0.2, 0) is 0 Å². The molecule has 3 unspecified atom stereocenters. The van der Waals surface area contributed by atoms with Crippen LogP contribution < -0.4 is 5.32 Å². The Morgan fingerprint density at radius 3 is 2.26 bits per heavy atom. The molecule has 3 heteroatoms. The van der Waals surface area contributed by atoms with Crippen LogP contribution in [0, 0.1) is 11.8 Å². The topological polar surface area (TPSA) is 35.5 Å². The number of hydrogen-bond acceptors (Lipinski definition) is 3. The average Bonchev–Trinajstić information content (AvgIpc) is 2.67. The second kappa shape index (κ2) is 7.61. The number of nitrogens with one attached hydrogen (secondary N) is 1. The van der Waals surface area contributed by atoms with Crippen molar-refractivity contribution in [3.05, 3.63) is 0 Å². The molecule has 19 heavy (non-hydrogen) atoms. The van der Waals surface area contributed by atoms with E-state index in [0.717, 1.165) is 24.7 Å². The number of rotatable bonds is 8. The zero-order valence-electron chi connectivity index (χ0n) is 13.6. The summed E-state index contributed by atoms with van der Waals surface area (Å²) in [6, 6.07) is 0.430. The first-order valence-electron chi connectivity index (χ1n) is 8.03. The second-order valence-corrected chi connectivity index (χ2v) is 6.91. The summed E-state index contributed by atoms with van der Waals surface area (Å²) in [5.41, 5.74) is -0.0783. The molecule has 2 N–H and O–H groups in total. The van der Waals surface area contributed by atoms with Crippen molar-refractivity contribution in [3.8, 4) is 0 Å². The summed E-state index contributed by atoms with van der Waals surface area (Å²) in [6.45, 7) is 15.1. The molecule has 0 aromatic carbocycles. The van der Waals surface area contributed by atoms with E-state index in [1.165, 1.54) is 26.1 Å². The standard InChI is InChI=1S/C16H34N2O/c1-6-16(12-19,17-13(2)3)8-7-9-18-10-14(4)15(5)11-18/h13-15,17,19H,6-12H2,1-5H3. The Kier molecular flexibility index (Phi) is 6.78. The second-order valence-electron chi connectivity index (χ2n) is 6.91. The maximum Gasteiger partial charge on any atom is 0.0613 e. The van der Waals surface area contributed by atoms with Crippen LogP contribution in [-0.4, -0.2) is 47.8 Å². The van der Waals surface area contributed by atoms with Crippen LogP contribution in [0.15, 0.2) is 0 Å². The summed E-state index contributed by atoms with van der Waals surface area (Å²) in [7, 11) is 0. The van der Waals surface area contributed by atoms with Crippen molar-refractivity contribution in [2.45, 2.75) is 65.5 Å². The number of likely N-dealkylation sites (tertiary alicyclic amines) is 1. The maximum atomic E-state index is 9.73. The van der Waals surface area contributed by atoms with Gasteiger partial charge in [-0.1, -0.05) is 34.6 Å². The number of hydrogen-bond donors (Lipinski definition) is 2. The largest absolute Gasteiger partial charge is 0.394 e. The molecule has 0 aromatic heterocycles. The SMILES string of the molecule is CCC(CO)(CCCN1CC(C)C(C)C1)NC(C)C. The quantitative estimate of drug-likeness (QED) is 0.711. The van der Waals surface area contributed by atoms with E-state index in [-0.39, 0.29) is 12.1 Å². The predicted octanol–water partition coefficient (Wildman–Crippen LogP) is 2.49. The van der Waals surface area contributed by atoms with Gasteiger partial charge in [0.2, 0.25) is 0 Å². The molecule has 0 radical (unpaired) electrons. The van der Waals surface area contributed by atoms with E-state index in [2.05, 4.69) is 44.8 Å². The molecule has 3 nitrogen and oxygen atoms in total. The highest BCUT2D eigenvalue weighted by atomic mass is 16.3. The number of aliphatic hydroxyl groups excluding tert-OH is 1. The van der Waals surface area contributed by atoms with Gasteiger partial charge in [-0.05, 0) is 37.6 Å². The van der Waals surface area contributed by atoms with Gasteiger partial charge >= 0.3 is 0 Å². The first-order chi connectivity index (χ1) is 8.92. The Hall–Kier alpha value is -0.120. The summed E-state index contributed by atoms with van der Waals surface area (Å²) in [6.07, 6.45) is 3.24. The molecule has 1 aliphatic heterocycles. The van der Waals surface area contributed by atoms with Crippen molar-refractivity contribution >= 4 is 0 Å². The third-order valence-electron chi connectivity index (χ3n) is 4.77. The molecule has 0 aromatic rings. The summed E-state index contributed by atoms with van der Waals surface area (Å²) in [5.74, 6) is 1.67. The lowest BCUT2D eigenvalue weighted by Crippen LogP contribution is -2.51. The molecule has 114 valence electrons. The van der Waals surface area contributed by atoms with Gasteiger partial charge in [0.25, 0.3) is 0 Å². The fourth-order valence-corrected chi connectivity index (χ4v) is 3.27. The Balaban J connectivity index is 2.36. The fourth-order valence-electron chi connectivity index (χ4n) is 3.27. The highest BCUT2D eigenvalue weighted by Crippen LogP contribution is 2.24. The fraction of sp³-hybridized carbons (Fsp3) is 1.00. The lowest BCUT2D eigenvalue weighted by Gasteiger charge is -2.35. The molecule has 0 saturated carbocycles. The van der Waals surface area contributed by atoms with Gasteiger partial charge in [0, 0.05) is 24.7 Å². The van der Waals surface area contributed by atoms with Crippen molar-refractivity contribution in [1.82, 2.24) is 10.2 Å². The van der Waals surface area contributed by atoms with Gasteiger partial charge in [-0.3, -0.25) is 0 Å². The normalized spacial score (nSPS) is 27.9. The third-order valence-corrected chi connectivity index (χ3v) is 4.77. The summed E-state index contributed by atoms with van der Waals surface area (Å²) in [4.78, 5) is 2.59. The molecule has 0 spiro atoms. The zero-order valence-corrected chi connectivity index (χ0v) is 13.6. The highest BCUT2D eigenvalue weighted by Gasteiger charge is 2.29. The van der Waals surface area contributed by atoms with Gasteiger partial charge in [-0.2, -0.15) is 0 Å². The first kappa shape index (κ1) is 16.9. The van der Waals surface area contributed by atoms with E-state index >= 15 is 0 Å². The lowest BCUT2D eigenvalue weighted by molar-refractivity contribution is 0.131. The van der Waals surface area contributed by atoms with Crippen LogP contribution in [0.1, 0.15) is 53.9 Å². The van der Waals surface area contributed by atoms with Gasteiger partial charge in [0.05, 0.1) is 6.61 Å². The van der Waals surface area contributed by atoms with Crippen LogP contribution >= 0.6 is 0 Å².